The Morgan fingerprint density at radius 2 is 1.71 bits per heavy atom. The molecule has 1 atom stereocenters. The fourth-order valence-electron chi connectivity index (χ4n) is 3.16. The first kappa shape index (κ1) is 23.4. The number of benzene rings is 1. The van der Waals surface area contributed by atoms with E-state index in [0.717, 1.165) is 23.1 Å². The maximum Gasteiger partial charge on any atom is 0.445 e. The van der Waals surface area contributed by atoms with E-state index < -0.39 is 54.2 Å². The highest BCUT2D eigenvalue weighted by Crippen LogP contribution is 2.42. The number of carbonyl (C=O) groups excluding carboxylic acids is 1. The van der Waals surface area contributed by atoms with Crippen LogP contribution >= 0.6 is 11.3 Å². The number of rotatable bonds is 4. The highest BCUT2D eigenvalue weighted by Gasteiger charge is 2.49. The van der Waals surface area contributed by atoms with Crippen LogP contribution in [0.2, 0.25) is 0 Å². The Labute approximate surface area is 176 Å². The molecule has 0 aliphatic carbocycles. The van der Waals surface area contributed by atoms with E-state index in [2.05, 4.69) is 10.2 Å². The summed E-state index contributed by atoms with van der Waals surface area (Å²) in [5.41, 5.74) is -1.14. The number of halogens is 6. The first-order valence-corrected chi connectivity index (χ1v) is 11.0. The molecular formula is C17H15F6N3O3S2. The number of hydrogen-bond donors (Lipinski definition) is 0. The molecule has 1 unspecified atom stereocenters. The SMILES string of the molecule is CC(C)(C1CC(=O)N(c2nnc(C(F)(F)F)s2)C1)S(=O)(=O)c1cccc(C(F)(F)F)c1. The molecular weight excluding hydrogens is 472 g/mol. The van der Waals surface area contributed by atoms with Gasteiger partial charge >= 0.3 is 12.4 Å². The molecule has 0 spiro atoms. The number of anilines is 1. The van der Waals surface area contributed by atoms with E-state index >= 15 is 0 Å². The van der Waals surface area contributed by atoms with Crippen LogP contribution in [0.4, 0.5) is 31.5 Å². The minimum atomic E-state index is -4.75. The molecule has 1 amide bonds. The number of nitrogens with zero attached hydrogens (tertiary/aromatic N) is 3. The zero-order chi connectivity index (χ0) is 23.4. The van der Waals surface area contributed by atoms with Gasteiger partial charge in [0.1, 0.15) is 0 Å². The van der Waals surface area contributed by atoms with Crippen molar-refractivity contribution in [2.75, 3.05) is 11.4 Å². The quantitative estimate of drug-likeness (QED) is 0.605. The Morgan fingerprint density at radius 1 is 1.06 bits per heavy atom. The van der Waals surface area contributed by atoms with Crippen LogP contribution in [0.3, 0.4) is 0 Å². The lowest BCUT2D eigenvalue weighted by Gasteiger charge is -2.31. The van der Waals surface area contributed by atoms with Gasteiger partial charge in [-0.3, -0.25) is 9.69 Å². The lowest BCUT2D eigenvalue weighted by molar-refractivity contribution is -0.138. The summed E-state index contributed by atoms with van der Waals surface area (Å²) in [5, 5.41) is 4.80. The van der Waals surface area contributed by atoms with Crippen LogP contribution in [0, 0.1) is 5.92 Å². The Kier molecular flexibility index (Phi) is 5.62. The van der Waals surface area contributed by atoms with Crippen LogP contribution in [-0.4, -0.2) is 35.8 Å². The maximum absolute atomic E-state index is 13.1. The summed E-state index contributed by atoms with van der Waals surface area (Å²) in [4.78, 5) is 12.7. The number of carbonyl (C=O) groups is 1. The molecule has 2 aromatic rings. The average molecular weight is 487 g/mol. The third-order valence-corrected chi connectivity index (χ3v) is 8.74. The second-order valence-corrected chi connectivity index (χ2v) is 10.9. The van der Waals surface area contributed by atoms with E-state index in [0.29, 0.717) is 6.07 Å². The van der Waals surface area contributed by atoms with E-state index in [1.807, 2.05) is 0 Å². The fourth-order valence-corrected chi connectivity index (χ4v) is 5.64. The second kappa shape index (κ2) is 7.43. The molecule has 1 aliphatic rings. The van der Waals surface area contributed by atoms with Crippen molar-refractivity contribution in [3.8, 4) is 0 Å². The normalized spacial score (nSPS) is 18.6. The second-order valence-electron chi connectivity index (χ2n) is 7.43. The van der Waals surface area contributed by atoms with Gasteiger partial charge < -0.3 is 0 Å². The molecule has 2 heterocycles. The number of hydrogen-bond acceptors (Lipinski definition) is 6. The minimum absolute atomic E-state index is 0.145. The molecule has 1 aromatic heterocycles. The maximum atomic E-state index is 13.1. The largest absolute Gasteiger partial charge is 0.445 e. The van der Waals surface area contributed by atoms with Gasteiger partial charge in [-0.25, -0.2) is 8.42 Å². The van der Waals surface area contributed by atoms with Crippen molar-refractivity contribution in [2.24, 2.45) is 5.92 Å². The predicted octanol–water partition coefficient (Wildman–Crippen LogP) is 4.18. The zero-order valence-corrected chi connectivity index (χ0v) is 17.6. The molecule has 14 heteroatoms. The Morgan fingerprint density at radius 3 is 2.26 bits per heavy atom. The van der Waals surface area contributed by atoms with Gasteiger partial charge in [-0.1, -0.05) is 17.4 Å². The molecule has 6 nitrogen and oxygen atoms in total. The number of sulfone groups is 1. The van der Waals surface area contributed by atoms with Crippen LogP contribution < -0.4 is 4.90 Å². The Hall–Kier alpha value is -2.22. The standard InChI is InChI=1S/C17H15F6N3O3S2/c1-15(2,31(28,29)11-5-3-4-9(6-11)16(18,19)20)10-7-12(27)26(8-10)14-25-24-13(30-14)17(21,22)23/h3-6,10H,7-8H2,1-2H3. The van der Waals surface area contributed by atoms with Gasteiger partial charge in [0.05, 0.1) is 15.2 Å². The summed E-state index contributed by atoms with van der Waals surface area (Å²) in [6.45, 7) is 2.27. The number of alkyl halides is 6. The first-order valence-electron chi connectivity index (χ1n) is 8.68. The van der Waals surface area contributed by atoms with Gasteiger partial charge in [-0.05, 0) is 32.0 Å². The van der Waals surface area contributed by atoms with E-state index in [-0.39, 0.29) is 29.4 Å². The van der Waals surface area contributed by atoms with Crippen molar-refractivity contribution in [2.45, 2.75) is 42.3 Å². The van der Waals surface area contributed by atoms with E-state index in [1.165, 1.54) is 13.8 Å². The van der Waals surface area contributed by atoms with E-state index in [4.69, 9.17) is 0 Å². The van der Waals surface area contributed by atoms with Gasteiger partial charge in [-0.2, -0.15) is 26.3 Å². The van der Waals surface area contributed by atoms with Crippen molar-refractivity contribution >= 4 is 32.2 Å². The minimum Gasteiger partial charge on any atom is -0.286 e. The molecule has 170 valence electrons. The van der Waals surface area contributed by atoms with Gasteiger partial charge in [0.2, 0.25) is 16.0 Å². The van der Waals surface area contributed by atoms with Crippen molar-refractivity contribution in [1.82, 2.24) is 10.2 Å². The fraction of sp³-hybridized carbons (Fsp3) is 0.471. The number of aromatic nitrogens is 2. The van der Waals surface area contributed by atoms with Crippen LogP contribution in [0.25, 0.3) is 0 Å². The summed E-state index contributed by atoms with van der Waals surface area (Å²) in [6, 6.07) is 3.26. The molecule has 0 N–H and O–H groups in total. The summed E-state index contributed by atoms with van der Waals surface area (Å²) >= 11 is 0.145. The monoisotopic (exact) mass is 487 g/mol. The topological polar surface area (TPSA) is 80.2 Å². The smallest absolute Gasteiger partial charge is 0.286 e. The lowest BCUT2D eigenvalue weighted by atomic mass is 9.94. The molecule has 1 fully saturated rings. The third-order valence-electron chi connectivity index (χ3n) is 5.16. The van der Waals surface area contributed by atoms with Crippen LogP contribution in [0.1, 0.15) is 30.8 Å². The van der Waals surface area contributed by atoms with Crippen LogP contribution in [0.5, 0.6) is 0 Å². The van der Waals surface area contributed by atoms with Crippen molar-refractivity contribution in [3.63, 3.8) is 0 Å². The molecule has 0 saturated carbocycles. The highest BCUT2D eigenvalue weighted by atomic mass is 32.2. The van der Waals surface area contributed by atoms with Crippen molar-refractivity contribution in [3.05, 3.63) is 34.8 Å². The lowest BCUT2D eigenvalue weighted by Crippen LogP contribution is -2.41. The van der Waals surface area contributed by atoms with E-state index in [9.17, 15) is 39.6 Å². The summed E-state index contributed by atoms with van der Waals surface area (Å²) < 4.78 is 102. The first-order chi connectivity index (χ1) is 14.0. The van der Waals surface area contributed by atoms with Gasteiger partial charge in [0, 0.05) is 18.9 Å². The summed E-state index contributed by atoms with van der Waals surface area (Å²) in [5.74, 6) is -1.56. The predicted molar refractivity (Wildman–Crippen MR) is 98.1 cm³/mol. The van der Waals surface area contributed by atoms with Crippen molar-refractivity contribution < 1.29 is 39.6 Å². The highest BCUT2D eigenvalue weighted by molar-refractivity contribution is 7.92. The van der Waals surface area contributed by atoms with Crippen LogP contribution in [0.15, 0.2) is 29.2 Å². The Balaban J connectivity index is 1.90. The Bertz CT molecular complexity index is 1110. The third kappa shape index (κ3) is 4.27. The molecule has 1 aromatic carbocycles. The molecule has 1 saturated heterocycles. The van der Waals surface area contributed by atoms with Gasteiger partial charge in [0.25, 0.3) is 0 Å². The summed E-state index contributed by atoms with van der Waals surface area (Å²) in [6.07, 6.45) is -9.82. The van der Waals surface area contributed by atoms with E-state index in [1.54, 1.807) is 0 Å². The van der Waals surface area contributed by atoms with Gasteiger partial charge in [0.15, 0.2) is 9.84 Å². The number of amides is 1. The molecule has 1 aliphatic heterocycles. The molecule has 0 radical (unpaired) electrons. The average Bonchev–Trinajstić information content (AvgIpc) is 3.27. The van der Waals surface area contributed by atoms with Crippen molar-refractivity contribution in [1.29, 1.82) is 0 Å². The molecule has 31 heavy (non-hydrogen) atoms. The molecule has 3 rings (SSSR count). The van der Waals surface area contributed by atoms with Gasteiger partial charge in [-0.15, -0.1) is 10.2 Å². The summed E-state index contributed by atoms with van der Waals surface area (Å²) in [7, 11) is -4.34. The van der Waals surface area contributed by atoms with Crippen LogP contribution in [-0.2, 0) is 27.0 Å². The zero-order valence-electron chi connectivity index (χ0n) is 16.0. The molecule has 0 bridgehead atoms.